The highest BCUT2D eigenvalue weighted by Crippen LogP contribution is 2.32. The van der Waals surface area contributed by atoms with Gasteiger partial charge in [-0.15, -0.1) is 0 Å². The molecule has 1 aromatic carbocycles. The number of nitrogens with zero attached hydrogens (tertiary/aromatic N) is 1. The van der Waals surface area contributed by atoms with Crippen LogP contribution in [-0.4, -0.2) is 29.2 Å². The van der Waals surface area contributed by atoms with Gasteiger partial charge in [-0.25, -0.2) is 0 Å². The van der Waals surface area contributed by atoms with Crippen molar-refractivity contribution in [2.75, 3.05) is 0 Å². The minimum absolute atomic E-state index is 0.132. The largest absolute Gasteiger partial charge is 0.452 e. The molecule has 9 heteroatoms. The Hall–Kier alpha value is -2.55. The van der Waals surface area contributed by atoms with E-state index < -0.39 is 11.9 Å². The second kappa shape index (κ2) is 6.31. The maximum Gasteiger partial charge on any atom is 0.452 e. The van der Waals surface area contributed by atoms with E-state index >= 15 is 0 Å². The van der Waals surface area contributed by atoms with Gasteiger partial charge in [-0.3, -0.25) is 4.79 Å². The predicted octanol–water partition coefficient (Wildman–Crippen LogP) is 3.11. The molecule has 1 aromatic heterocycles. The number of hydrogen-bond acceptors (Lipinski definition) is 5. The molecule has 6 nitrogen and oxygen atoms in total. The van der Waals surface area contributed by atoms with Crippen molar-refractivity contribution in [1.82, 2.24) is 15.8 Å². The van der Waals surface area contributed by atoms with Gasteiger partial charge in [0.2, 0.25) is 5.76 Å². The van der Waals surface area contributed by atoms with Gasteiger partial charge in [0.1, 0.15) is 5.75 Å². The van der Waals surface area contributed by atoms with E-state index in [4.69, 9.17) is 4.74 Å². The zero-order chi connectivity index (χ0) is 18.3. The number of fused-ring (bicyclic) bond motifs is 2. The van der Waals surface area contributed by atoms with Crippen LogP contribution in [0.2, 0.25) is 0 Å². The molecule has 2 aliphatic rings. The Morgan fingerprint density at radius 2 is 2.04 bits per heavy atom. The van der Waals surface area contributed by atoms with E-state index in [1.807, 2.05) is 0 Å². The van der Waals surface area contributed by atoms with Crippen LogP contribution in [0.5, 0.6) is 11.6 Å². The number of ether oxygens (including phenoxy) is 1. The molecule has 0 unspecified atom stereocenters. The average Bonchev–Trinajstić information content (AvgIpc) is 3.31. The molecular weight excluding hydrogens is 351 g/mol. The zero-order valence-corrected chi connectivity index (χ0v) is 13.5. The third kappa shape index (κ3) is 3.39. The fraction of sp³-hybridized carbons (Fsp3) is 0.412. The van der Waals surface area contributed by atoms with Crippen molar-refractivity contribution in [2.24, 2.45) is 0 Å². The average molecular weight is 367 g/mol. The number of benzene rings is 1. The Balaban J connectivity index is 1.37. The lowest BCUT2D eigenvalue weighted by Crippen LogP contribution is -2.42. The zero-order valence-electron chi connectivity index (χ0n) is 13.5. The van der Waals surface area contributed by atoms with E-state index in [0.29, 0.717) is 23.7 Å². The molecule has 2 fully saturated rings. The Morgan fingerprint density at radius 1 is 1.27 bits per heavy atom. The van der Waals surface area contributed by atoms with Crippen LogP contribution >= 0.6 is 0 Å². The maximum atomic E-state index is 12.5. The highest BCUT2D eigenvalue weighted by Gasteiger charge is 2.39. The molecule has 2 bridgehead atoms. The lowest BCUT2D eigenvalue weighted by atomic mass is 9.95. The molecule has 2 aliphatic heterocycles. The molecule has 4 rings (SSSR count). The van der Waals surface area contributed by atoms with E-state index in [-0.39, 0.29) is 23.6 Å². The molecule has 0 saturated carbocycles. The van der Waals surface area contributed by atoms with Gasteiger partial charge < -0.3 is 19.9 Å². The van der Waals surface area contributed by atoms with Gasteiger partial charge in [0.15, 0.2) is 0 Å². The van der Waals surface area contributed by atoms with Crippen molar-refractivity contribution >= 4 is 5.91 Å². The Bertz CT molecular complexity index is 804. The van der Waals surface area contributed by atoms with Crippen molar-refractivity contribution in [3.8, 4) is 11.6 Å². The molecule has 26 heavy (non-hydrogen) atoms. The molecule has 0 spiro atoms. The number of nitrogens with one attached hydrogen (secondary N) is 2. The summed E-state index contributed by atoms with van der Waals surface area (Å²) >= 11 is 0. The highest BCUT2D eigenvalue weighted by atomic mass is 19.4. The van der Waals surface area contributed by atoms with Crippen molar-refractivity contribution < 1.29 is 27.2 Å². The quantitative estimate of drug-likeness (QED) is 0.868. The summed E-state index contributed by atoms with van der Waals surface area (Å²) in [5.74, 6) is -1.47. The van der Waals surface area contributed by atoms with Crippen LogP contribution < -0.4 is 15.4 Å². The fourth-order valence-corrected chi connectivity index (χ4v) is 3.47. The summed E-state index contributed by atoms with van der Waals surface area (Å²) < 4.78 is 46.8. The summed E-state index contributed by atoms with van der Waals surface area (Å²) in [6.07, 6.45) is -1.46. The monoisotopic (exact) mass is 367 g/mol. The number of amides is 1. The number of carbonyl (C=O) groups is 1. The van der Waals surface area contributed by atoms with E-state index in [1.54, 1.807) is 12.1 Å². The second-order valence-corrected chi connectivity index (χ2v) is 6.52. The van der Waals surface area contributed by atoms with Gasteiger partial charge in [0.25, 0.3) is 11.8 Å². The van der Waals surface area contributed by atoms with Crippen LogP contribution in [-0.2, 0) is 6.18 Å². The Kier molecular flexibility index (Phi) is 4.10. The summed E-state index contributed by atoms with van der Waals surface area (Å²) in [7, 11) is 0. The second-order valence-electron chi connectivity index (χ2n) is 6.52. The van der Waals surface area contributed by atoms with Crippen LogP contribution in [0.3, 0.4) is 0 Å². The summed E-state index contributed by atoms with van der Waals surface area (Å²) in [6.45, 7) is 0. The molecule has 2 aromatic rings. The normalized spacial score (nSPS) is 24.7. The fourth-order valence-electron chi connectivity index (χ4n) is 3.47. The van der Waals surface area contributed by atoms with Crippen LogP contribution in [0.15, 0.2) is 34.9 Å². The third-order valence-corrected chi connectivity index (χ3v) is 4.72. The molecule has 2 saturated heterocycles. The van der Waals surface area contributed by atoms with Gasteiger partial charge in [-0.1, -0.05) is 0 Å². The number of rotatable bonds is 4. The standard InChI is InChI=1S/C17H16F3N3O3/c18-17(19,20)14-8-15(23-26-14)25-11-4-1-9(2-5-11)16(24)22-13-7-10-3-6-12(13)21-10/h1-2,4-5,8,10,12-13,21H,3,6-7H2,(H,22,24)/t10-,12+,13-/m1/s1. The first kappa shape index (κ1) is 16.9. The number of alkyl halides is 3. The summed E-state index contributed by atoms with van der Waals surface area (Å²) in [5, 5.41) is 9.70. The van der Waals surface area contributed by atoms with Crippen LogP contribution in [0.4, 0.5) is 13.2 Å². The topological polar surface area (TPSA) is 76.4 Å². The van der Waals surface area contributed by atoms with Gasteiger partial charge in [0.05, 0.1) is 6.07 Å². The Morgan fingerprint density at radius 3 is 2.62 bits per heavy atom. The SMILES string of the molecule is O=C(N[C@@H]1C[C@H]2CC[C@@H]1N2)c1ccc(Oc2cc(C(F)(F)F)on2)cc1. The number of aromatic nitrogens is 1. The molecule has 2 N–H and O–H groups in total. The van der Waals surface area contributed by atoms with Crippen LogP contribution in [0.1, 0.15) is 35.4 Å². The lowest BCUT2D eigenvalue weighted by Gasteiger charge is -2.21. The smallest absolute Gasteiger partial charge is 0.436 e. The Labute approximate surface area is 146 Å². The molecule has 0 aliphatic carbocycles. The number of halogens is 3. The molecular formula is C17H16F3N3O3. The minimum Gasteiger partial charge on any atom is -0.436 e. The van der Waals surface area contributed by atoms with Gasteiger partial charge >= 0.3 is 6.18 Å². The van der Waals surface area contributed by atoms with E-state index in [9.17, 15) is 18.0 Å². The van der Waals surface area contributed by atoms with E-state index in [1.165, 1.54) is 12.1 Å². The third-order valence-electron chi connectivity index (χ3n) is 4.72. The summed E-state index contributed by atoms with van der Waals surface area (Å²) in [6, 6.07) is 7.72. The van der Waals surface area contributed by atoms with Gasteiger partial charge in [-0.2, -0.15) is 13.2 Å². The van der Waals surface area contributed by atoms with Crippen molar-refractivity contribution in [2.45, 2.75) is 43.6 Å². The molecule has 3 atom stereocenters. The van der Waals surface area contributed by atoms with Crippen molar-refractivity contribution in [3.63, 3.8) is 0 Å². The van der Waals surface area contributed by atoms with Crippen molar-refractivity contribution in [3.05, 3.63) is 41.7 Å². The minimum atomic E-state index is -4.62. The molecule has 1 amide bonds. The van der Waals surface area contributed by atoms with E-state index in [0.717, 1.165) is 19.3 Å². The first-order valence-corrected chi connectivity index (χ1v) is 8.27. The number of carbonyl (C=O) groups excluding carboxylic acids is 1. The van der Waals surface area contributed by atoms with Crippen LogP contribution in [0.25, 0.3) is 0 Å². The van der Waals surface area contributed by atoms with E-state index in [2.05, 4.69) is 20.3 Å². The molecule has 138 valence electrons. The number of hydrogen-bond donors (Lipinski definition) is 2. The predicted molar refractivity (Wildman–Crippen MR) is 83.8 cm³/mol. The lowest BCUT2D eigenvalue weighted by molar-refractivity contribution is -0.155. The summed E-state index contributed by atoms with van der Waals surface area (Å²) in [5.41, 5.74) is 0.455. The van der Waals surface area contributed by atoms with Gasteiger partial charge in [0, 0.05) is 23.7 Å². The first-order chi connectivity index (χ1) is 12.4. The molecule has 3 heterocycles. The van der Waals surface area contributed by atoms with Crippen LogP contribution in [0, 0.1) is 0 Å². The highest BCUT2D eigenvalue weighted by molar-refractivity contribution is 5.94. The van der Waals surface area contributed by atoms with Gasteiger partial charge in [-0.05, 0) is 48.7 Å². The van der Waals surface area contributed by atoms with Crippen molar-refractivity contribution in [1.29, 1.82) is 0 Å². The first-order valence-electron chi connectivity index (χ1n) is 8.27. The summed E-state index contributed by atoms with van der Waals surface area (Å²) in [4.78, 5) is 12.3. The molecule has 0 radical (unpaired) electrons. The maximum absolute atomic E-state index is 12.5.